The average molecular weight is 298 g/mol. The van der Waals surface area contributed by atoms with E-state index in [1.165, 1.54) is 0 Å². The first-order chi connectivity index (χ1) is 8.15. The summed E-state index contributed by atoms with van der Waals surface area (Å²) in [7, 11) is 1.94. The van der Waals surface area contributed by atoms with Crippen molar-refractivity contribution in [1.82, 2.24) is 15.1 Å². The molecule has 0 aliphatic carbocycles. The van der Waals surface area contributed by atoms with Crippen molar-refractivity contribution < 1.29 is 4.42 Å². The fourth-order valence-corrected chi connectivity index (χ4v) is 2.57. The zero-order valence-corrected chi connectivity index (χ0v) is 11.8. The van der Waals surface area contributed by atoms with Crippen molar-refractivity contribution in [1.29, 1.82) is 0 Å². The number of nitrogens with one attached hydrogen (secondary N) is 1. The van der Waals surface area contributed by atoms with E-state index in [0.717, 1.165) is 28.0 Å². The lowest BCUT2D eigenvalue weighted by molar-refractivity contribution is 0.512. The molecule has 0 saturated carbocycles. The summed E-state index contributed by atoms with van der Waals surface area (Å²) in [4.78, 5) is 0. The predicted molar refractivity (Wildman–Crippen MR) is 69.9 cm³/mol. The number of furan rings is 1. The fourth-order valence-electron chi connectivity index (χ4n) is 2.00. The van der Waals surface area contributed by atoms with Crippen molar-refractivity contribution in [2.75, 3.05) is 6.54 Å². The van der Waals surface area contributed by atoms with Gasteiger partial charge in [-0.3, -0.25) is 4.68 Å². The predicted octanol–water partition coefficient (Wildman–Crippen LogP) is 2.78. The maximum atomic E-state index is 5.38. The zero-order valence-electron chi connectivity index (χ0n) is 10.2. The summed E-state index contributed by atoms with van der Waals surface area (Å²) < 4.78 is 8.27. The molecular weight excluding hydrogens is 282 g/mol. The van der Waals surface area contributed by atoms with E-state index >= 15 is 0 Å². The highest BCUT2D eigenvalue weighted by molar-refractivity contribution is 9.10. The Morgan fingerprint density at radius 3 is 2.82 bits per heavy atom. The Bertz CT molecular complexity index is 484. The molecule has 1 unspecified atom stereocenters. The summed E-state index contributed by atoms with van der Waals surface area (Å²) in [5.74, 6) is 0.934. The van der Waals surface area contributed by atoms with Gasteiger partial charge in [-0.05, 0) is 35.5 Å². The molecule has 4 nitrogen and oxygen atoms in total. The van der Waals surface area contributed by atoms with Crippen LogP contribution in [0.4, 0.5) is 0 Å². The summed E-state index contributed by atoms with van der Waals surface area (Å²) in [5.41, 5.74) is 2.26. The molecule has 1 atom stereocenters. The van der Waals surface area contributed by atoms with Crippen molar-refractivity contribution >= 4 is 15.9 Å². The highest BCUT2D eigenvalue weighted by atomic mass is 79.9. The van der Waals surface area contributed by atoms with Gasteiger partial charge in [0.05, 0.1) is 28.7 Å². The summed E-state index contributed by atoms with van der Waals surface area (Å²) in [6.07, 6.45) is 3.54. The first kappa shape index (κ1) is 12.4. The van der Waals surface area contributed by atoms with Gasteiger partial charge in [-0.1, -0.05) is 6.92 Å². The molecule has 0 spiro atoms. The number of halogens is 1. The van der Waals surface area contributed by atoms with Crippen LogP contribution in [-0.2, 0) is 7.05 Å². The quantitative estimate of drug-likeness (QED) is 0.944. The minimum absolute atomic E-state index is 0.0978. The van der Waals surface area contributed by atoms with Crippen molar-refractivity contribution in [3.63, 3.8) is 0 Å². The van der Waals surface area contributed by atoms with Gasteiger partial charge < -0.3 is 9.73 Å². The van der Waals surface area contributed by atoms with E-state index in [-0.39, 0.29) is 6.04 Å². The van der Waals surface area contributed by atoms with E-state index in [1.807, 2.05) is 30.9 Å². The Balaban J connectivity index is 2.46. The van der Waals surface area contributed by atoms with Crippen molar-refractivity contribution in [3.8, 4) is 0 Å². The van der Waals surface area contributed by atoms with E-state index in [9.17, 15) is 0 Å². The van der Waals surface area contributed by atoms with E-state index in [1.54, 1.807) is 6.26 Å². The molecule has 92 valence electrons. The van der Waals surface area contributed by atoms with Crippen LogP contribution in [0.2, 0.25) is 0 Å². The molecule has 0 saturated heterocycles. The second-order valence-electron chi connectivity index (χ2n) is 3.92. The van der Waals surface area contributed by atoms with E-state index in [2.05, 4.69) is 33.3 Å². The number of aryl methyl sites for hydroxylation is 2. The van der Waals surface area contributed by atoms with Crippen LogP contribution in [0, 0.1) is 6.92 Å². The molecular formula is C12H16BrN3O. The van der Waals surface area contributed by atoms with E-state index < -0.39 is 0 Å². The molecule has 0 aromatic carbocycles. The fraction of sp³-hybridized carbons (Fsp3) is 0.417. The van der Waals surface area contributed by atoms with Crippen molar-refractivity contribution in [2.45, 2.75) is 19.9 Å². The first-order valence-corrected chi connectivity index (χ1v) is 6.39. The summed E-state index contributed by atoms with van der Waals surface area (Å²) >= 11 is 3.54. The number of rotatable bonds is 4. The molecule has 5 heteroatoms. The summed E-state index contributed by atoms with van der Waals surface area (Å²) in [6.45, 7) is 4.95. The maximum Gasteiger partial charge on any atom is 0.105 e. The van der Waals surface area contributed by atoms with E-state index in [4.69, 9.17) is 4.42 Å². The summed E-state index contributed by atoms with van der Waals surface area (Å²) in [5, 5.41) is 7.72. The molecule has 0 bridgehead atoms. The molecule has 0 amide bonds. The average Bonchev–Trinajstić information content (AvgIpc) is 2.84. The van der Waals surface area contributed by atoms with Crippen molar-refractivity contribution in [2.24, 2.45) is 7.05 Å². The van der Waals surface area contributed by atoms with Gasteiger partial charge in [0.25, 0.3) is 0 Å². The van der Waals surface area contributed by atoms with Crippen LogP contribution in [0.15, 0.2) is 27.4 Å². The van der Waals surface area contributed by atoms with Crippen LogP contribution in [0.25, 0.3) is 0 Å². The standard InChI is InChI=1S/C12H16BrN3O/c1-4-14-11(9-5-6-17-8(9)2)12-10(13)7-15-16(12)3/h5-7,11,14H,4H2,1-3H3. The number of nitrogens with zero attached hydrogens (tertiary/aromatic N) is 2. The van der Waals surface area contributed by atoms with Gasteiger partial charge in [0.1, 0.15) is 5.76 Å². The summed E-state index contributed by atoms with van der Waals surface area (Å²) in [6, 6.07) is 2.10. The Labute approximate surface area is 109 Å². The number of hydrogen-bond acceptors (Lipinski definition) is 3. The number of aromatic nitrogens is 2. The molecule has 2 heterocycles. The van der Waals surface area contributed by atoms with Crippen LogP contribution >= 0.6 is 15.9 Å². The second kappa shape index (κ2) is 5.06. The van der Waals surface area contributed by atoms with E-state index in [0.29, 0.717) is 0 Å². The lowest BCUT2D eigenvalue weighted by atomic mass is 10.0. The Hall–Kier alpha value is -1.07. The van der Waals surface area contributed by atoms with Crippen LogP contribution < -0.4 is 5.32 Å². The molecule has 1 N–H and O–H groups in total. The molecule has 0 aliphatic rings. The molecule has 0 aliphatic heterocycles. The van der Waals surface area contributed by atoms with Gasteiger partial charge in [0.2, 0.25) is 0 Å². The third kappa shape index (κ3) is 2.30. The maximum absolute atomic E-state index is 5.38. The second-order valence-corrected chi connectivity index (χ2v) is 4.78. The van der Waals surface area contributed by atoms with Gasteiger partial charge in [0.15, 0.2) is 0 Å². The van der Waals surface area contributed by atoms with Crippen LogP contribution in [0.1, 0.15) is 30.0 Å². The largest absolute Gasteiger partial charge is 0.469 e. The van der Waals surface area contributed by atoms with Crippen LogP contribution in [0.3, 0.4) is 0 Å². The molecule has 17 heavy (non-hydrogen) atoms. The van der Waals surface area contributed by atoms with Gasteiger partial charge in [-0.25, -0.2) is 0 Å². The lowest BCUT2D eigenvalue weighted by Crippen LogP contribution is -2.24. The highest BCUT2D eigenvalue weighted by Crippen LogP contribution is 2.30. The molecule has 2 rings (SSSR count). The van der Waals surface area contributed by atoms with Gasteiger partial charge in [-0.2, -0.15) is 5.10 Å². The first-order valence-electron chi connectivity index (χ1n) is 5.60. The minimum atomic E-state index is 0.0978. The smallest absolute Gasteiger partial charge is 0.105 e. The van der Waals surface area contributed by atoms with Crippen LogP contribution in [0.5, 0.6) is 0 Å². The number of hydrogen-bond donors (Lipinski definition) is 1. The van der Waals surface area contributed by atoms with Gasteiger partial charge >= 0.3 is 0 Å². The lowest BCUT2D eigenvalue weighted by Gasteiger charge is -2.18. The van der Waals surface area contributed by atoms with Crippen LogP contribution in [-0.4, -0.2) is 16.3 Å². The zero-order chi connectivity index (χ0) is 12.4. The Morgan fingerprint density at radius 2 is 2.35 bits per heavy atom. The van der Waals surface area contributed by atoms with Crippen molar-refractivity contribution in [3.05, 3.63) is 40.0 Å². The normalized spacial score (nSPS) is 12.9. The van der Waals surface area contributed by atoms with Gasteiger partial charge in [-0.15, -0.1) is 0 Å². The Kier molecular flexibility index (Phi) is 3.69. The third-order valence-corrected chi connectivity index (χ3v) is 3.44. The monoisotopic (exact) mass is 297 g/mol. The molecule has 2 aromatic heterocycles. The van der Waals surface area contributed by atoms with Gasteiger partial charge in [0, 0.05) is 12.6 Å². The molecule has 0 radical (unpaired) electrons. The minimum Gasteiger partial charge on any atom is -0.469 e. The third-order valence-electron chi connectivity index (χ3n) is 2.83. The highest BCUT2D eigenvalue weighted by Gasteiger charge is 2.22. The molecule has 0 fully saturated rings. The SMILES string of the molecule is CCNC(c1ccoc1C)c1c(Br)cnn1C. The topological polar surface area (TPSA) is 43.0 Å². The Morgan fingerprint density at radius 1 is 1.59 bits per heavy atom. The molecule has 2 aromatic rings.